The molecule has 0 aliphatic heterocycles. The maximum atomic E-state index is 12.6. The van der Waals surface area contributed by atoms with E-state index in [4.69, 9.17) is 9.47 Å². The number of benzene rings is 2. The Hall–Kier alpha value is -3.07. The Kier molecular flexibility index (Phi) is 7.00. The van der Waals surface area contributed by atoms with Gasteiger partial charge in [-0.25, -0.2) is 13.2 Å². The van der Waals surface area contributed by atoms with Crippen molar-refractivity contribution in [3.8, 4) is 5.75 Å². The highest BCUT2D eigenvalue weighted by Gasteiger charge is 2.20. The molecule has 0 unspecified atom stereocenters. The molecular formula is C19H22N2O6S. The highest BCUT2D eigenvalue weighted by atomic mass is 32.2. The third-order valence-corrected chi connectivity index (χ3v) is 5.08. The normalized spacial score (nSPS) is 12.0. The molecule has 2 aromatic carbocycles. The summed E-state index contributed by atoms with van der Waals surface area (Å²) < 4.78 is 38.0. The molecule has 0 aliphatic rings. The third-order valence-electron chi connectivity index (χ3n) is 3.70. The van der Waals surface area contributed by atoms with Crippen LogP contribution in [0.1, 0.15) is 24.2 Å². The predicted octanol–water partition coefficient (Wildman–Crippen LogP) is 2.18. The SMILES string of the molecule is CCOc1ccc(NS(=O)(=O)c2cccc(C(=O)O[C@@H](C)C(=O)NC)c2)cc1. The number of anilines is 1. The monoisotopic (exact) mass is 406 g/mol. The highest BCUT2D eigenvalue weighted by Crippen LogP contribution is 2.20. The smallest absolute Gasteiger partial charge is 0.338 e. The van der Waals surface area contributed by atoms with Gasteiger partial charge in [0.2, 0.25) is 0 Å². The van der Waals surface area contributed by atoms with Crippen LogP contribution in [0, 0.1) is 0 Å². The van der Waals surface area contributed by atoms with Crippen molar-refractivity contribution in [2.24, 2.45) is 0 Å². The van der Waals surface area contributed by atoms with Gasteiger partial charge in [0.25, 0.3) is 15.9 Å². The number of likely N-dealkylation sites (N-methyl/N-ethyl adjacent to an activating group) is 1. The van der Waals surface area contributed by atoms with Crippen LogP contribution in [0.2, 0.25) is 0 Å². The summed E-state index contributed by atoms with van der Waals surface area (Å²) in [5, 5.41) is 2.37. The fraction of sp³-hybridized carbons (Fsp3) is 0.263. The first-order chi connectivity index (χ1) is 13.3. The molecule has 28 heavy (non-hydrogen) atoms. The van der Waals surface area contributed by atoms with Crippen molar-refractivity contribution in [2.75, 3.05) is 18.4 Å². The first-order valence-corrected chi connectivity index (χ1v) is 10.0. The van der Waals surface area contributed by atoms with Crippen LogP contribution >= 0.6 is 0 Å². The summed E-state index contributed by atoms with van der Waals surface area (Å²) in [6.07, 6.45) is -1.00. The van der Waals surface area contributed by atoms with Gasteiger partial charge in [-0.2, -0.15) is 0 Å². The Labute approximate surface area is 163 Å². The van der Waals surface area contributed by atoms with Gasteiger partial charge in [-0.05, 0) is 56.3 Å². The average Bonchev–Trinajstić information content (AvgIpc) is 2.68. The molecule has 0 aliphatic carbocycles. The number of sulfonamides is 1. The molecule has 2 aromatic rings. The van der Waals surface area contributed by atoms with Crippen LogP contribution in [-0.2, 0) is 19.6 Å². The molecule has 1 amide bonds. The van der Waals surface area contributed by atoms with Crippen LogP contribution in [0.25, 0.3) is 0 Å². The Morgan fingerprint density at radius 3 is 2.39 bits per heavy atom. The number of hydrogen-bond acceptors (Lipinski definition) is 6. The highest BCUT2D eigenvalue weighted by molar-refractivity contribution is 7.92. The van der Waals surface area contributed by atoms with Crippen LogP contribution in [0.5, 0.6) is 5.75 Å². The van der Waals surface area contributed by atoms with E-state index in [0.29, 0.717) is 18.0 Å². The van der Waals surface area contributed by atoms with Gasteiger partial charge in [0.15, 0.2) is 6.10 Å². The number of esters is 1. The van der Waals surface area contributed by atoms with Crippen molar-refractivity contribution in [1.29, 1.82) is 0 Å². The van der Waals surface area contributed by atoms with Crippen molar-refractivity contribution in [1.82, 2.24) is 5.32 Å². The van der Waals surface area contributed by atoms with E-state index in [-0.39, 0.29) is 10.5 Å². The number of carbonyl (C=O) groups excluding carboxylic acids is 2. The molecular weight excluding hydrogens is 384 g/mol. The molecule has 9 heteroatoms. The van der Waals surface area contributed by atoms with E-state index in [9.17, 15) is 18.0 Å². The van der Waals surface area contributed by atoms with Gasteiger partial charge in [0.1, 0.15) is 5.75 Å². The number of hydrogen-bond donors (Lipinski definition) is 2. The molecule has 1 atom stereocenters. The van der Waals surface area contributed by atoms with Gasteiger partial charge in [-0.3, -0.25) is 9.52 Å². The number of amides is 1. The molecule has 0 aromatic heterocycles. The Balaban J connectivity index is 2.16. The minimum atomic E-state index is -3.92. The van der Waals surface area contributed by atoms with Gasteiger partial charge in [-0.1, -0.05) is 6.07 Å². The van der Waals surface area contributed by atoms with Gasteiger partial charge in [-0.15, -0.1) is 0 Å². The van der Waals surface area contributed by atoms with E-state index in [2.05, 4.69) is 10.0 Å². The minimum absolute atomic E-state index is 0.0188. The second-order valence-electron chi connectivity index (χ2n) is 5.75. The summed E-state index contributed by atoms with van der Waals surface area (Å²) in [4.78, 5) is 23.5. The largest absolute Gasteiger partial charge is 0.494 e. The number of ether oxygens (including phenoxy) is 2. The van der Waals surface area contributed by atoms with E-state index in [1.165, 1.54) is 38.2 Å². The van der Waals surface area contributed by atoms with Crippen molar-refractivity contribution < 1.29 is 27.5 Å². The molecule has 150 valence electrons. The standard InChI is InChI=1S/C19H22N2O6S/c1-4-26-16-10-8-15(9-11-16)21-28(24,25)17-7-5-6-14(12-17)19(23)27-13(2)18(22)20-3/h5-13,21H,4H2,1-3H3,(H,20,22)/t13-/m0/s1. The molecule has 0 radical (unpaired) electrons. The van der Waals surface area contributed by atoms with Crippen LogP contribution in [0.4, 0.5) is 5.69 Å². The van der Waals surface area contributed by atoms with Gasteiger partial charge < -0.3 is 14.8 Å². The fourth-order valence-corrected chi connectivity index (χ4v) is 3.38. The van der Waals surface area contributed by atoms with Crippen molar-refractivity contribution in [3.63, 3.8) is 0 Å². The summed E-state index contributed by atoms with van der Waals surface area (Å²) in [5.74, 6) is -0.635. The number of carbonyl (C=O) groups is 2. The molecule has 0 heterocycles. The second kappa shape index (κ2) is 9.23. The molecule has 0 saturated heterocycles. The Bertz CT molecular complexity index is 941. The van der Waals surface area contributed by atoms with Crippen molar-refractivity contribution in [3.05, 3.63) is 54.1 Å². The van der Waals surface area contributed by atoms with Crippen LogP contribution < -0.4 is 14.8 Å². The average molecular weight is 406 g/mol. The molecule has 0 saturated carbocycles. The molecule has 2 rings (SSSR count). The Morgan fingerprint density at radius 2 is 1.79 bits per heavy atom. The maximum Gasteiger partial charge on any atom is 0.338 e. The van der Waals surface area contributed by atoms with Crippen molar-refractivity contribution >= 4 is 27.6 Å². The van der Waals surface area contributed by atoms with E-state index >= 15 is 0 Å². The first-order valence-electron chi connectivity index (χ1n) is 8.55. The van der Waals surface area contributed by atoms with Gasteiger partial charge >= 0.3 is 5.97 Å². The number of rotatable bonds is 8. The summed E-state index contributed by atoms with van der Waals surface area (Å²) in [6.45, 7) is 3.78. The summed E-state index contributed by atoms with van der Waals surface area (Å²) in [7, 11) is -2.50. The van der Waals surface area contributed by atoms with E-state index in [1.807, 2.05) is 6.92 Å². The zero-order valence-electron chi connectivity index (χ0n) is 15.8. The van der Waals surface area contributed by atoms with Gasteiger partial charge in [0.05, 0.1) is 17.1 Å². The predicted molar refractivity (Wildman–Crippen MR) is 104 cm³/mol. The van der Waals surface area contributed by atoms with E-state index in [1.54, 1.807) is 24.3 Å². The lowest BCUT2D eigenvalue weighted by Crippen LogP contribution is -2.33. The molecule has 8 nitrogen and oxygen atoms in total. The van der Waals surface area contributed by atoms with E-state index < -0.39 is 28.0 Å². The zero-order chi connectivity index (χ0) is 20.7. The first kappa shape index (κ1) is 21.2. The fourth-order valence-electron chi connectivity index (χ4n) is 2.28. The molecule has 0 bridgehead atoms. The second-order valence-corrected chi connectivity index (χ2v) is 7.43. The van der Waals surface area contributed by atoms with E-state index in [0.717, 1.165) is 0 Å². The van der Waals surface area contributed by atoms with Gasteiger partial charge in [0, 0.05) is 12.7 Å². The van der Waals surface area contributed by atoms with Crippen molar-refractivity contribution in [2.45, 2.75) is 24.8 Å². The quantitative estimate of drug-likeness (QED) is 0.650. The topological polar surface area (TPSA) is 111 Å². The maximum absolute atomic E-state index is 12.6. The molecule has 2 N–H and O–H groups in total. The third kappa shape index (κ3) is 5.46. The lowest BCUT2D eigenvalue weighted by molar-refractivity contribution is -0.128. The van der Waals surface area contributed by atoms with Crippen LogP contribution in [-0.4, -0.2) is 40.1 Å². The van der Waals surface area contributed by atoms with Crippen LogP contribution in [0.3, 0.4) is 0 Å². The lowest BCUT2D eigenvalue weighted by atomic mass is 10.2. The minimum Gasteiger partial charge on any atom is -0.494 e. The lowest BCUT2D eigenvalue weighted by Gasteiger charge is -2.13. The summed E-state index contributed by atoms with van der Waals surface area (Å²) in [6, 6.07) is 11.8. The Morgan fingerprint density at radius 1 is 1.11 bits per heavy atom. The van der Waals surface area contributed by atoms with Crippen LogP contribution in [0.15, 0.2) is 53.4 Å². The zero-order valence-corrected chi connectivity index (χ0v) is 16.6. The molecule has 0 fully saturated rings. The summed E-state index contributed by atoms with van der Waals surface area (Å²) in [5.41, 5.74) is 0.370. The summed E-state index contributed by atoms with van der Waals surface area (Å²) >= 11 is 0. The number of nitrogens with one attached hydrogen (secondary N) is 2. The molecule has 0 spiro atoms.